The minimum absolute atomic E-state index is 0.399. The van der Waals surface area contributed by atoms with Crippen molar-refractivity contribution in [3.63, 3.8) is 0 Å². The van der Waals surface area contributed by atoms with Gasteiger partial charge in [0.1, 0.15) is 0 Å². The van der Waals surface area contributed by atoms with Crippen LogP contribution in [0.2, 0.25) is 0 Å². The molecular weight excluding hydrogens is 240 g/mol. The van der Waals surface area contributed by atoms with Gasteiger partial charge in [-0.1, -0.05) is 24.3 Å². The van der Waals surface area contributed by atoms with Crippen LogP contribution in [0.3, 0.4) is 0 Å². The molecule has 0 spiro atoms. The third kappa shape index (κ3) is 3.80. The largest absolute Gasteiger partial charge is 0.481 e. The SMILES string of the molecule is CC(C)(Cc1ccc(CCC2(O)CC2)cc1)C(=O)O. The Morgan fingerprint density at radius 2 is 1.74 bits per heavy atom. The van der Waals surface area contributed by atoms with E-state index >= 15 is 0 Å². The van der Waals surface area contributed by atoms with Crippen molar-refractivity contribution in [1.82, 2.24) is 0 Å². The first kappa shape index (κ1) is 14.1. The molecule has 1 aliphatic rings. The molecule has 0 radical (unpaired) electrons. The normalized spacial score (nSPS) is 17.2. The predicted octanol–water partition coefficient (Wildman–Crippen LogP) is 2.80. The summed E-state index contributed by atoms with van der Waals surface area (Å²) in [6, 6.07) is 8.08. The lowest BCUT2D eigenvalue weighted by molar-refractivity contribution is -0.146. The molecule has 1 saturated carbocycles. The fourth-order valence-electron chi connectivity index (χ4n) is 2.18. The number of aryl methyl sites for hydroxylation is 1. The molecule has 0 amide bonds. The van der Waals surface area contributed by atoms with Crippen molar-refractivity contribution in [1.29, 1.82) is 0 Å². The van der Waals surface area contributed by atoms with Crippen LogP contribution in [0.4, 0.5) is 0 Å². The van der Waals surface area contributed by atoms with E-state index in [2.05, 4.69) is 0 Å². The van der Waals surface area contributed by atoms with Crippen LogP contribution in [0.1, 0.15) is 44.2 Å². The Bertz CT molecular complexity index is 455. The highest BCUT2D eigenvalue weighted by Crippen LogP contribution is 2.39. The third-order valence-corrected chi connectivity index (χ3v) is 3.95. The van der Waals surface area contributed by atoms with Crippen molar-refractivity contribution in [2.75, 3.05) is 0 Å². The average molecular weight is 262 g/mol. The van der Waals surface area contributed by atoms with Gasteiger partial charge in [-0.3, -0.25) is 4.79 Å². The summed E-state index contributed by atoms with van der Waals surface area (Å²) in [5, 5.41) is 18.9. The molecule has 0 heterocycles. The topological polar surface area (TPSA) is 57.5 Å². The molecule has 1 aromatic rings. The van der Waals surface area contributed by atoms with Gasteiger partial charge >= 0.3 is 5.97 Å². The molecule has 19 heavy (non-hydrogen) atoms. The summed E-state index contributed by atoms with van der Waals surface area (Å²) >= 11 is 0. The zero-order valence-electron chi connectivity index (χ0n) is 11.6. The van der Waals surface area contributed by atoms with Crippen LogP contribution in [0.5, 0.6) is 0 Å². The smallest absolute Gasteiger partial charge is 0.309 e. The Morgan fingerprint density at radius 3 is 2.21 bits per heavy atom. The monoisotopic (exact) mass is 262 g/mol. The van der Waals surface area contributed by atoms with Crippen LogP contribution in [0.25, 0.3) is 0 Å². The Labute approximate surface area is 114 Å². The van der Waals surface area contributed by atoms with Crippen molar-refractivity contribution in [2.45, 2.75) is 51.6 Å². The van der Waals surface area contributed by atoms with Crippen molar-refractivity contribution >= 4 is 5.97 Å². The van der Waals surface area contributed by atoms with E-state index in [1.54, 1.807) is 13.8 Å². The second-order valence-electron chi connectivity index (χ2n) is 6.41. The fourth-order valence-corrected chi connectivity index (χ4v) is 2.18. The molecule has 1 aromatic carbocycles. The maximum atomic E-state index is 11.1. The summed E-state index contributed by atoms with van der Waals surface area (Å²) in [5.41, 5.74) is 1.12. The molecule has 104 valence electrons. The van der Waals surface area contributed by atoms with Crippen molar-refractivity contribution in [3.05, 3.63) is 35.4 Å². The molecule has 0 saturated heterocycles. The molecular formula is C16H22O3. The number of hydrogen-bond donors (Lipinski definition) is 2. The number of aliphatic hydroxyl groups is 1. The molecule has 3 nitrogen and oxygen atoms in total. The van der Waals surface area contributed by atoms with E-state index in [0.717, 1.165) is 31.2 Å². The van der Waals surface area contributed by atoms with Gasteiger partial charge < -0.3 is 10.2 Å². The van der Waals surface area contributed by atoms with E-state index in [0.29, 0.717) is 6.42 Å². The van der Waals surface area contributed by atoms with Crippen molar-refractivity contribution < 1.29 is 15.0 Å². The van der Waals surface area contributed by atoms with Crippen LogP contribution < -0.4 is 0 Å². The molecule has 1 aliphatic carbocycles. The van der Waals surface area contributed by atoms with Gasteiger partial charge in [-0.2, -0.15) is 0 Å². The van der Waals surface area contributed by atoms with Crippen LogP contribution in [0.15, 0.2) is 24.3 Å². The summed E-state index contributed by atoms with van der Waals surface area (Å²) < 4.78 is 0. The molecule has 0 bridgehead atoms. The number of carboxylic acids is 1. The van der Waals surface area contributed by atoms with Gasteiger partial charge in [0.25, 0.3) is 0 Å². The lowest BCUT2D eigenvalue weighted by Crippen LogP contribution is -2.26. The van der Waals surface area contributed by atoms with E-state index in [1.807, 2.05) is 24.3 Å². The van der Waals surface area contributed by atoms with Crippen molar-refractivity contribution in [2.24, 2.45) is 5.41 Å². The quantitative estimate of drug-likeness (QED) is 0.828. The van der Waals surface area contributed by atoms with Crippen molar-refractivity contribution in [3.8, 4) is 0 Å². The minimum atomic E-state index is -0.771. The van der Waals surface area contributed by atoms with Gasteiger partial charge in [0.15, 0.2) is 0 Å². The van der Waals surface area contributed by atoms with Gasteiger partial charge in [-0.15, -0.1) is 0 Å². The molecule has 0 aromatic heterocycles. The first-order valence-corrected chi connectivity index (χ1v) is 6.84. The van der Waals surface area contributed by atoms with Crippen LogP contribution in [-0.4, -0.2) is 21.8 Å². The molecule has 2 rings (SSSR count). The molecule has 3 heteroatoms. The fraction of sp³-hybridized carbons (Fsp3) is 0.562. The summed E-state index contributed by atoms with van der Waals surface area (Å²) in [5.74, 6) is -0.771. The number of aliphatic carboxylic acids is 1. The highest BCUT2D eigenvalue weighted by molar-refractivity contribution is 5.74. The maximum absolute atomic E-state index is 11.1. The second-order valence-corrected chi connectivity index (χ2v) is 6.41. The van der Waals surface area contributed by atoms with E-state index in [4.69, 9.17) is 5.11 Å². The van der Waals surface area contributed by atoms with Gasteiger partial charge in [-0.05, 0) is 57.1 Å². The standard InChI is InChI=1S/C16H22O3/c1-15(2,14(17)18)11-13-5-3-12(4-6-13)7-8-16(19)9-10-16/h3-6,19H,7-11H2,1-2H3,(H,17,18). The van der Waals surface area contributed by atoms with E-state index in [9.17, 15) is 9.90 Å². The highest BCUT2D eigenvalue weighted by atomic mass is 16.4. The van der Waals surface area contributed by atoms with Gasteiger partial charge in [0, 0.05) is 0 Å². The van der Waals surface area contributed by atoms with Crippen LogP contribution in [0, 0.1) is 5.41 Å². The zero-order valence-corrected chi connectivity index (χ0v) is 11.6. The van der Waals surface area contributed by atoms with Crippen LogP contribution in [-0.2, 0) is 17.6 Å². The first-order chi connectivity index (χ1) is 8.81. The predicted molar refractivity (Wildman–Crippen MR) is 74.1 cm³/mol. The zero-order chi connectivity index (χ0) is 14.1. The van der Waals surface area contributed by atoms with Gasteiger partial charge in [-0.25, -0.2) is 0 Å². The Balaban J connectivity index is 1.92. The van der Waals surface area contributed by atoms with Crippen LogP contribution >= 0.6 is 0 Å². The third-order valence-electron chi connectivity index (χ3n) is 3.95. The summed E-state index contributed by atoms with van der Waals surface area (Å²) in [6.07, 6.45) is 4.11. The Hall–Kier alpha value is -1.35. The van der Waals surface area contributed by atoms with Gasteiger partial charge in [0.2, 0.25) is 0 Å². The average Bonchev–Trinajstić information content (AvgIpc) is 3.06. The second kappa shape index (κ2) is 4.97. The Morgan fingerprint density at radius 1 is 1.21 bits per heavy atom. The highest BCUT2D eigenvalue weighted by Gasteiger charge is 2.39. The lowest BCUT2D eigenvalue weighted by atomic mass is 9.85. The summed E-state index contributed by atoms with van der Waals surface area (Å²) in [6.45, 7) is 3.48. The van der Waals surface area contributed by atoms with E-state index in [-0.39, 0.29) is 0 Å². The lowest BCUT2D eigenvalue weighted by Gasteiger charge is -2.19. The number of carboxylic acid groups (broad SMARTS) is 1. The summed E-state index contributed by atoms with van der Waals surface area (Å²) in [4.78, 5) is 11.1. The number of hydrogen-bond acceptors (Lipinski definition) is 2. The van der Waals surface area contributed by atoms with E-state index < -0.39 is 17.0 Å². The first-order valence-electron chi connectivity index (χ1n) is 6.84. The molecule has 0 aliphatic heterocycles. The van der Waals surface area contributed by atoms with Gasteiger partial charge in [0.05, 0.1) is 11.0 Å². The molecule has 0 unspecified atom stereocenters. The molecule has 2 N–H and O–H groups in total. The number of carbonyl (C=O) groups is 1. The Kier molecular flexibility index (Phi) is 3.68. The number of benzene rings is 1. The molecule has 0 atom stereocenters. The summed E-state index contributed by atoms with van der Waals surface area (Å²) in [7, 11) is 0. The maximum Gasteiger partial charge on any atom is 0.309 e. The number of rotatable bonds is 6. The molecule has 1 fully saturated rings. The van der Waals surface area contributed by atoms with E-state index in [1.165, 1.54) is 5.56 Å². The minimum Gasteiger partial charge on any atom is -0.481 e.